The number of aryl methyl sites for hydroxylation is 1. The van der Waals surface area contributed by atoms with Crippen molar-refractivity contribution in [1.82, 2.24) is 9.80 Å². The molecule has 0 unspecified atom stereocenters. The molecular weight excluding hydrogens is 372 g/mol. The summed E-state index contributed by atoms with van der Waals surface area (Å²) in [6, 6.07) is 11.9. The van der Waals surface area contributed by atoms with Crippen LogP contribution < -0.4 is 0 Å². The average molecular weight is 396 g/mol. The number of amides is 1. The first-order valence-corrected chi connectivity index (χ1v) is 9.62. The third-order valence-corrected chi connectivity index (χ3v) is 5.34. The van der Waals surface area contributed by atoms with Crippen molar-refractivity contribution in [3.05, 3.63) is 74.2 Å². The van der Waals surface area contributed by atoms with Crippen molar-refractivity contribution in [2.45, 2.75) is 19.8 Å². The van der Waals surface area contributed by atoms with Crippen LogP contribution in [-0.4, -0.2) is 53.4 Å². The van der Waals surface area contributed by atoms with Gasteiger partial charge < -0.3 is 4.90 Å². The smallest absolute Gasteiger partial charge is 0.269 e. The Morgan fingerprint density at radius 1 is 1.07 bits per heavy atom. The van der Waals surface area contributed by atoms with Crippen molar-refractivity contribution in [3.63, 3.8) is 0 Å². The summed E-state index contributed by atoms with van der Waals surface area (Å²) in [6.45, 7) is 5.26. The van der Waals surface area contributed by atoms with Gasteiger partial charge in [0.2, 0.25) is 5.91 Å². The van der Waals surface area contributed by atoms with Gasteiger partial charge in [-0.2, -0.15) is 0 Å². The number of nitroso groups, excluding NO2 is 1. The Bertz CT molecular complexity index is 898. The van der Waals surface area contributed by atoms with Crippen LogP contribution in [0.1, 0.15) is 16.7 Å². The molecular formula is C21H24N4O4. The Balaban J connectivity index is 1.46. The van der Waals surface area contributed by atoms with E-state index >= 15 is 0 Å². The number of piperazine rings is 1. The maximum absolute atomic E-state index is 12.5. The summed E-state index contributed by atoms with van der Waals surface area (Å²) in [6.07, 6.45) is 1.50. The van der Waals surface area contributed by atoms with E-state index in [1.165, 1.54) is 12.1 Å². The van der Waals surface area contributed by atoms with Gasteiger partial charge in [-0.15, -0.1) is 4.91 Å². The first-order valence-electron chi connectivity index (χ1n) is 9.62. The molecule has 8 nitrogen and oxygen atoms in total. The number of nitro benzene ring substituents is 1. The fourth-order valence-corrected chi connectivity index (χ4v) is 3.53. The Hall–Kier alpha value is -3.13. The summed E-state index contributed by atoms with van der Waals surface area (Å²) >= 11 is 0. The standard InChI is InChI=1S/C21H24N4O4/c1-16-14-19(22-27)5-4-18(16)9-10-23-12-13-24(21(26)15-23)11-8-17-2-6-20(7-3-17)25(28)29/h2-7,14H,8-13,15H2,1H3. The minimum atomic E-state index is -0.415. The Labute approximate surface area is 169 Å². The molecule has 1 aliphatic rings. The molecule has 1 aliphatic heterocycles. The molecule has 0 atom stereocenters. The summed E-state index contributed by atoms with van der Waals surface area (Å²) < 4.78 is 0. The van der Waals surface area contributed by atoms with E-state index in [2.05, 4.69) is 10.1 Å². The van der Waals surface area contributed by atoms with E-state index < -0.39 is 4.92 Å². The molecule has 0 bridgehead atoms. The van der Waals surface area contributed by atoms with Crippen LogP contribution in [0.3, 0.4) is 0 Å². The van der Waals surface area contributed by atoms with Crippen LogP contribution in [0.25, 0.3) is 0 Å². The third-order valence-electron chi connectivity index (χ3n) is 5.34. The van der Waals surface area contributed by atoms with Crippen molar-refractivity contribution in [1.29, 1.82) is 0 Å². The van der Waals surface area contributed by atoms with Crippen molar-refractivity contribution >= 4 is 17.3 Å². The Morgan fingerprint density at radius 2 is 1.83 bits per heavy atom. The van der Waals surface area contributed by atoms with Crippen LogP contribution in [0.4, 0.5) is 11.4 Å². The van der Waals surface area contributed by atoms with Gasteiger partial charge in [0.15, 0.2) is 0 Å². The van der Waals surface area contributed by atoms with Gasteiger partial charge in [0.1, 0.15) is 5.69 Å². The number of hydrogen-bond donors (Lipinski definition) is 0. The fraction of sp³-hybridized carbons (Fsp3) is 0.381. The lowest BCUT2D eigenvalue weighted by molar-refractivity contribution is -0.384. The van der Waals surface area contributed by atoms with Crippen LogP contribution in [0.2, 0.25) is 0 Å². The summed E-state index contributed by atoms with van der Waals surface area (Å²) in [5, 5.41) is 13.7. The maximum Gasteiger partial charge on any atom is 0.269 e. The lowest BCUT2D eigenvalue weighted by Crippen LogP contribution is -2.51. The van der Waals surface area contributed by atoms with Crippen LogP contribution in [0.15, 0.2) is 47.6 Å². The van der Waals surface area contributed by atoms with Crippen molar-refractivity contribution in [2.24, 2.45) is 5.18 Å². The summed E-state index contributed by atoms with van der Waals surface area (Å²) in [7, 11) is 0. The van der Waals surface area contributed by atoms with Crippen LogP contribution >= 0.6 is 0 Å². The minimum absolute atomic E-state index is 0.0748. The number of nitro groups is 1. The van der Waals surface area contributed by atoms with E-state index in [9.17, 15) is 19.8 Å². The second-order valence-electron chi connectivity index (χ2n) is 7.28. The number of nitrogens with zero attached hydrogens (tertiary/aromatic N) is 4. The monoisotopic (exact) mass is 396 g/mol. The number of carbonyl (C=O) groups is 1. The molecule has 1 saturated heterocycles. The molecule has 0 saturated carbocycles. The SMILES string of the molecule is Cc1cc(N=O)ccc1CCN1CCN(CCc2ccc([N+](=O)[O-])cc2)C(=O)C1. The van der Waals surface area contributed by atoms with Crippen LogP contribution in [0.5, 0.6) is 0 Å². The normalized spacial score (nSPS) is 14.8. The molecule has 2 aromatic carbocycles. The van der Waals surface area contributed by atoms with Crippen LogP contribution in [-0.2, 0) is 17.6 Å². The Kier molecular flexibility index (Phi) is 6.66. The number of rotatable bonds is 8. The highest BCUT2D eigenvalue weighted by atomic mass is 16.6. The highest BCUT2D eigenvalue weighted by Gasteiger charge is 2.23. The zero-order valence-corrected chi connectivity index (χ0v) is 16.4. The van der Waals surface area contributed by atoms with Gasteiger partial charge in [-0.25, -0.2) is 0 Å². The van der Waals surface area contributed by atoms with E-state index in [1.54, 1.807) is 24.3 Å². The van der Waals surface area contributed by atoms with Crippen LogP contribution in [0, 0.1) is 21.9 Å². The molecule has 8 heteroatoms. The van der Waals surface area contributed by atoms with Gasteiger partial charge >= 0.3 is 0 Å². The second kappa shape index (κ2) is 9.38. The van der Waals surface area contributed by atoms with E-state index in [1.807, 2.05) is 17.9 Å². The highest BCUT2D eigenvalue weighted by Crippen LogP contribution is 2.18. The largest absolute Gasteiger partial charge is 0.340 e. The first-order chi connectivity index (χ1) is 14.0. The highest BCUT2D eigenvalue weighted by molar-refractivity contribution is 5.79. The van der Waals surface area contributed by atoms with Gasteiger partial charge in [-0.1, -0.05) is 18.2 Å². The van der Waals surface area contributed by atoms with E-state index in [0.717, 1.165) is 36.2 Å². The van der Waals surface area contributed by atoms with E-state index in [4.69, 9.17) is 0 Å². The maximum atomic E-state index is 12.5. The topological polar surface area (TPSA) is 96.1 Å². The molecule has 1 fully saturated rings. The van der Waals surface area contributed by atoms with Crippen molar-refractivity contribution < 1.29 is 9.72 Å². The third kappa shape index (κ3) is 5.45. The van der Waals surface area contributed by atoms with Crippen molar-refractivity contribution in [2.75, 3.05) is 32.7 Å². The number of benzene rings is 2. The summed E-state index contributed by atoms with van der Waals surface area (Å²) in [5.41, 5.74) is 3.68. The van der Waals surface area contributed by atoms with Gasteiger partial charge in [-0.05, 0) is 53.8 Å². The van der Waals surface area contributed by atoms with Crippen molar-refractivity contribution in [3.8, 4) is 0 Å². The second-order valence-corrected chi connectivity index (χ2v) is 7.28. The zero-order chi connectivity index (χ0) is 20.8. The molecule has 0 aliphatic carbocycles. The molecule has 152 valence electrons. The van der Waals surface area contributed by atoms with E-state index in [-0.39, 0.29) is 11.6 Å². The summed E-state index contributed by atoms with van der Waals surface area (Å²) in [5.74, 6) is 0.107. The molecule has 1 amide bonds. The Morgan fingerprint density at radius 3 is 2.45 bits per heavy atom. The van der Waals surface area contributed by atoms with E-state index in [0.29, 0.717) is 31.7 Å². The van der Waals surface area contributed by atoms with Gasteiger partial charge in [0.25, 0.3) is 5.69 Å². The molecule has 0 radical (unpaired) electrons. The molecule has 0 spiro atoms. The molecule has 2 aromatic rings. The predicted octanol–water partition coefficient (Wildman–Crippen LogP) is 3.23. The zero-order valence-electron chi connectivity index (χ0n) is 16.4. The molecule has 0 N–H and O–H groups in total. The lowest BCUT2D eigenvalue weighted by atomic mass is 10.0. The molecule has 1 heterocycles. The number of non-ortho nitro benzene ring substituents is 1. The quantitative estimate of drug-likeness (QED) is 0.388. The molecule has 3 rings (SSSR count). The number of carbonyl (C=O) groups excluding carboxylic acids is 1. The van der Waals surface area contributed by atoms with Gasteiger partial charge in [-0.3, -0.25) is 19.8 Å². The van der Waals surface area contributed by atoms with Gasteiger partial charge in [0, 0.05) is 38.3 Å². The lowest BCUT2D eigenvalue weighted by Gasteiger charge is -2.34. The minimum Gasteiger partial charge on any atom is -0.340 e. The van der Waals surface area contributed by atoms with Gasteiger partial charge in [0.05, 0.1) is 11.5 Å². The number of hydrogen-bond acceptors (Lipinski definition) is 6. The fourth-order valence-electron chi connectivity index (χ4n) is 3.53. The predicted molar refractivity (Wildman–Crippen MR) is 110 cm³/mol. The molecule has 0 aromatic heterocycles. The average Bonchev–Trinajstić information content (AvgIpc) is 2.72. The summed E-state index contributed by atoms with van der Waals surface area (Å²) in [4.78, 5) is 37.4. The first kappa shape index (κ1) is 20.6. The molecule has 29 heavy (non-hydrogen) atoms.